The summed E-state index contributed by atoms with van der Waals surface area (Å²) in [5.41, 5.74) is 8.70. The van der Waals surface area contributed by atoms with Gasteiger partial charge >= 0.3 is 0 Å². The quantitative estimate of drug-likeness (QED) is 0.803. The second-order valence-corrected chi connectivity index (χ2v) is 6.51. The first kappa shape index (κ1) is 14.5. The van der Waals surface area contributed by atoms with Gasteiger partial charge in [0.2, 0.25) is 10.0 Å². The highest BCUT2D eigenvalue weighted by Gasteiger charge is 2.13. The Morgan fingerprint density at radius 2 is 1.95 bits per heavy atom. The summed E-state index contributed by atoms with van der Waals surface area (Å²) in [5, 5.41) is 4.08. The number of rotatable bonds is 5. The molecule has 0 aliphatic heterocycles. The summed E-state index contributed by atoms with van der Waals surface area (Å²) in [7, 11) is -1.56. The summed E-state index contributed by atoms with van der Waals surface area (Å²) in [6.45, 7) is 2.15. The highest BCUT2D eigenvalue weighted by molar-refractivity contribution is 7.88. The maximum atomic E-state index is 12.0. The number of hydrogen-bond donors (Lipinski definition) is 2. The van der Waals surface area contributed by atoms with Gasteiger partial charge < -0.3 is 5.73 Å². The Morgan fingerprint density at radius 1 is 1.30 bits per heavy atom. The summed E-state index contributed by atoms with van der Waals surface area (Å²) in [6.07, 6.45) is 1.67. The zero-order valence-corrected chi connectivity index (χ0v) is 12.3. The lowest BCUT2D eigenvalue weighted by atomic mass is 10.2. The van der Waals surface area contributed by atoms with Crippen molar-refractivity contribution in [1.29, 1.82) is 0 Å². The van der Waals surface area contributed by atoms with Crippen LogP contribution in [0.5, 0.6) is 0 Å². The maximum Gasteiger partial charge on any atom is 0.216 e. The lowest BCUT2D eigenvalue weighted by Gasteiger charge is -2.07. The van der Waals surface area contributed by atoms with Crippen LogP contribution in [0.1, 0.15) is 16.8 Å². The summed E-state index contributed by atoms with van der Waals surface area (Å²) in [6, 6.07) is 6.81. The van der Waals surface area contributed by atoms with E-state index in [1.807, 2.05) is 14.0 Å². The summed E-state index contributed by atoms with van der Waals surface area (Å²) in [4.78, 5) is 0. The molecule has 0 amide bonds. The zero-order valence-electron chi connectivity index (χ0n) is 11.5. The first-order valence-electron chi connectivity index (χ1n) is 6.16. The molecule has 3 N–H and O–H groups in total. The van der Waals surface area contributed by atoms with Crippen LogP contribution in [0.2, 0.25) is 0 Å². The largest absolute Gasteiger partial charge is 0.399 e. The average Bonchev–Trinajstić information content (AvgIpc) is 2.70. The molecule has 0 atom stereocenters. The minimum absolute atomic E-state index is 0.0629. The van der Waals surface area contributed by atoms with Crippen LogP contribution < -0.4 is 10.5 Å². The van der Waals surface area contributed by atoms with Gasteiger partial charge in [-0.05, 0) is 24.6 Å². The molecule has 1 aromatic carbocycles. The van der Waals surface area contributed by atoms with Gasteiger partial charge in [-0.25, -0.2) is 13.1 Å². The maximum absolute atomic E-state index is 12.0. The molecule has 0 saturated carbocycles. The van der Waals surface area contributed by atoms with E-state index in [9.17, 15) is 8.42 Å². The topological polar surface area (TPSA) is 90.0 Å². The van der Waals surface area contributed by atoms with Crippen LogP contribution in [0.25, 0.3) is 0 Å². The molecule has 0 fully saturated rings. The number of nitrogen functional groups attached to an aromatic ring is 1. The second-order valence-electron chi connectivity index (χ2n) is 4.70. The number of benzene rings is 1. The Bertz CT molecular complexity index is 690. The van der Waals surface area contributed by atoms with Crippen molar-refractivity contribution in [1.82, 2.24) is 14.5 Å². The van der Waals surface area contributed by atoms with Crippen molar-refractivity contribution in [2.24, 2.45) is 7.05 Å². The highest BCUT2D eigenvalue weighted by Crippen LogP contribution is 2.10. The number of nitrogens with one attached hydrogen (secondary N) is 1. The number of aromatic nitrogens is 2. The third-order valence-corrected chi connectivity index (χ3v) is 4.45. The van der Waals surface area contributed by atoms with Crippen LogP contribution in [0.3, 0.4) is 0 Å². The monoisotopic (exact) mass is 294 g/mol. The molecule has 0 unspecified atom stereocenters. The van der Waals surface area contributed by atoms with E-state index in [1.165, 1.54) is 0 Å². The van der Waals surface area contributed by atoms with Gasteiger partial charge in [0, 0.05) is 30.5 Å². The fourth-order valence-electron chi connectivity index (χ4n) is 1.79. The van der Waals surface area contributed by atoms with Crippen LogP contribution in [0.15, 0.2) is 30.5 Å². The van der Waals surface area contributed by atoms with Gasteiger partial charge in [0.15, 0.2) is 0 Å². The molecule has 108 valence electrons. The summed E-state index contributed by atoms with van der Waals surface area (Å²) < 4.78 is 28.3. The van der Waals surface area contributed by atoms with E-state index >= 15 is 0 Å². The normalized spacial score (nSPS) is 11.7. The van der Waals surface area contributed by atoms with Gasteiger partial charge in [0.25, 0.3) is 0 Å². The van der Waals surface area contributed by atoms with Crippen molar-refractivity contribution in [3.63, 3.8) is 0 Å². The summed E-state index contributed by atoms with van der Waals surface area (Å²) in [5.74, 6) is -0.0629. The van der Waals surface area contributed by atoms with Crippen LogP contribution in [-0.2, 0) is 29.4 Å². The Morgan fingerprint density at radius 3 is 2.50 bits per heavy atom. The minimum atomic E-state index is -3.38. The lowest BCUT2D eigenvalue weighted by Crippen LogP contribution is -2.24. The minimum Gasteiger partial charge on any atom is -0.399 e. The van der Waals surface area contributed by atoms with E-state index in [2.05, 4.69) is 9.82 Å². The van der Waals surface area contributed by atoms with Crippen LogP contribution in [0.4, 0.5) is 5.69 Å². The van der Waals surface area contributed by atoms with Gasteiger partial charge in [-0.2, -0.15) is 5.10 Å². The van der Waals surface area contributed by atoms with Crippen LogP contribution in [-0.4, -0.2) is 18.2 Å². The fourth-order valence-corrected chi connectivity index (χ4v) is 2.90. The van der Waals surface area contributed by atoms with E-state index in [-0.39, 0.29) is 12.3 Å². The van der Waals surface area contributed by atoms with E-state index in [1.54, 1.807) is 35.1 Å². The standard InChI is InChI=1S/C13H18N4O2S/c1-10-12(7-15-17(10)2)8-16-20(18,19)9-11-3-5-13(14)6-4-11/h3-7,16H,8-9,14H2,1-2H3. The number of anilines is 1. The summed E-state index contributed by atoms with van der Waals surface area (Å²) >= 11 is 0. The fraction of sp³-hybridized carbons (Fsp3) is 0.308. The molecule has 0 saturated heterocycles. The molecule has 6 nitrogen and oxygen atoms in total. The molecular weight excluding hydrogens is 276 g/mol. The van der Waals surface area contributed by atoms with Gasteiger partial charge in [0.1, 0.15) is 0 Å². The molecule has 20 heavy (non-hydrogen) atoms. The van der Waals surface area contributed by atoms with Crippen molar-refractivity contribution in [3.05, 3.63) is 47.3 Å². The van der Waals surface area contributed by atoms with Crippen molar-refractivity contribution >= 4 is 15.7 Å². The second kappa shape index (κ2) is 5.64. The Kier molecular flexibility index (Phi) is 4.10. The smallest absolute Gasteiger partial charge is 0.216 e. The average molecular weight is 294 g/mol. The molecule has 0 spiro atoms. The van der Waals surface area contributed by atoms with Crippen molar-refractivity contribution in [2.45, 2.75) is 19.2 Å². The van der Waals surface area contributed by atoms with E-state index < -0.39 is 10.0 Å². The number of hydrogen-bond acceptors (Lipinski definition) is 4. The van der Waals surface area contributed by atoms with Crippen molar-refractivity contribution in [2.75, 3.05) is 5.73 Å². The molecule has 2 aromatic rings. The first-order chi connectivity index (χ1) is 9.37. The molecule has 0 aliphatic carbocycles. The van der Waals surface area contributed by atoms with Crippen LogP contribution in [0, 0.1) is 6.92 Å². The van der Waals surface area contributed by atoms with Crippen LogP contribution >= 0.6 is 0 Å². The zero-order chi connectivity index (χ0) is 14.8. The molecule has 0 aliphatic rings. The SMILES string of the molecule is Cc1c(CNS(=O)(=O)Cc2ccc(N)cc2)cnn1C. The van der Waals surface area contributed by atoms with Gasteiger partial charge in [0.05, 0.1) is 11.9 Å². The predicted octanol–water partition coefficient (Wildman–Crippen LogP) is 0.930. The Labute approximate surface area is 118 Å². The third kappa shape index (κ3) is 3.58. The van der Waals surface area contributed by atoms with Crippen molar-refractivity contribution < 1.29 is 8.42 Å². The van der Waals surface area contributed by atoms with Gasteiger partial charge in [-0.15, -0.1) is 0 Å². The molecular formula is C13H18N4O2S. The lowest BCUT2D eigenvalue weighted by molar-refractivity contribution is 0.580. The Balaban J connectivity index is 2.01. The van der Waals surface area contributed by atoms with E-state index in [0.29, 0.717) is 11.3 Å². The predicted molar refractivity (Wildman–Crippen MR) is 78.3 cm³/mol. The molecule has 2 rings (SSSR count). The molecule has 7 heteroatoms. The molecule has 1 aromatic heterocycles. The van der Waals surface area contributed by atoms with E-state index in [0.717, 1.165) is 11.3 Å². The Hall–Kier alpha value is -1.86. The third-order valence-electron chi connectivity index (χ3n) is 3.16. The number of nitrogens with two attached hydrogens (primary N) is 1. The molecule has 1 heterocycles. The van der Waals surface area contributed by atoms with Gasteiger partial charge in [-0.3, -0.25) is 4.68 Å². The van der Waals surface area contributed by atoms with Crippen molar-refractivity contribution in [3.8, 4) is 0 Å². The number of aryl methyl sites for hydroxylation is 1. The number of sulfonamides is 1. The number of nitrogens with zero attached hydrogens (tertiary/aromatic N) is 2. The molecule has 0 bridgehead atoms. The highest BCUT2D eigenvalue weighted by atomic mass is 32.2. The first-order valence-corrected chi connectivity index (χ1v) is 7.82. The van der Waals surface area contributed by atoms with Gasteiger partial charge in [-0.1, -0.05) is 12.1 Å². The molecule has 0 radical (unpaired) electrons. The van der Waals surface area contributed by atoms with E-state index in [4.69, 9.17) is 5.73 Å².